The van der Waals surface area contributed by atoms with E-state index in [9.17, 15) is 0 Å². The molecule has 5 nitrogen and oxygen atoms in total. The molecule has 2 aliphatic heterocycles. The van der Waals surface area contributed by atoms with Gasteiger partial charge in [0.2, 0.25) is 0 Å². The molecule has 0 amide bonds. The second-order valence-corrected chi connectivity index (χ2v) is 8.22. The van der Waals surface area contributed by atoms with Crippen LogP contribution in [0.25, 0.3) is 0 Å². The number of hydrogen-bond donors (Lipinski definition) is 1. The monoisotopic (exact) mass is 395 g/mol. The number of aromatic nitrogens is 1. The lowest BCUT2D eigenvalue weighted by molar-refractivity contribution is 0.0926. The summed E-state index contributed by atoms with van der Waals surface area (Å²) < 4.78 is 11.9. The number of piperidine rings is 1. The molecule has 0 unspecified atom stereocenters. The first-order valence-electron chi connectivity index (χ1n) is 11.0. The highest BCUT2D eigenvalue weighted by Crippen LogP contribution is 2.26. The first kappa shape index (κ1) is 20.2. The average molecular weight is 396 g/mol. The van der Waals surface area contributed by atoms with Crippen LogP contribution in [0.4, 0.5) is 5.69 Å². The Balaban J connectivity index is 1.16. The molecule has 3 heterocycles. The maximum Gasteiger partial charge on any atom is 0.139 e. The van der Waals surface area contributed by atoms with Gasteiger partial charge in [-0.25, -0.2) is 0 Å². The van der Waals surface area contributed by atoms with Crippen molar-refractivity contribution in [3.63, 3.8) is 0 Å². The van der Waals surface area contributed by atoms with E-state index in [0.29, 0.717) is 12.0 Å². The molecule has 0 spiro atoms. The molecule has 2 fully saturated rings. The van der Waals surface area contributed by atoms with E-state index >= 15 is 0 Å². The summed E-state index contributed by atoms with van der Waals surface area (Å²) in [6.45, 7) is 5.63. The Labute approximate surface area is 174 Å². The van der Waals surface area contributed by atoms with E-state index in [4.69, 9.17) is 9.47 Å². The quantitative estimate of drug-likeness (QED) is 0.656. The molecule has 0 radical (unpaired) electrons. The third kappa shape index (κ3) is 6.18. The van der Waals surface area contributed by atoms with Crippen molar-refractivity contribution < 1.29 is 9.47 Å². The third-order valence-electron chi connectivity index (χ3n) is 6.02. The topological polar surface area (TPSA) is 46.6 Å². The minimum Gasteiger partial charge on any atom is -0.490 e. The van der Waals surface area contributed by atoms with Gasteiger partial charge in [-0.3, -0.25) is 4.98 Å². The number of benzene rings is 1. The van der Waals surface area contributed by atoms with Gasteiger partial charge in [0.25, 0.3) is 0 Å². The fourth-order valence-corrected chi connectivity index (χ4v) is 4.20. The SMILES string of the molecule is c1ccc(CCOCC2CCN(c3cncc(OC[C@@H]4CCCN4)c3)CC2)cc1. The Bertz CT molecular complexity index is 726. The van der Waals surface area contributed by atoms with Crippen LogP contribution in [0.3, 0.4) is 0 Å². The van der Waals surface area contributed by atoms with Crippen LogP contribution in [0, 0.1) is 5.92 Å². The molecule has 4 rings (SSSR count). The molecule has 0 bridgehead atoms. The Morgan fingerprint density at radius 3 is 2.69 bits per heavy atom. The highest BCUT2D eigenvalue weighted by molar-refractivity contribution is 5.48. The number of nitrogens with one attached hydrogen (secondary N) is 1. The van der Waals surface area contributed by atoms with Crippen molar-refractivity contribution in [1.82, 2.24) is 10.3 Å². The lowest BCUT2D eigenvalue weighted by Gasteiger charge is -2.33. The molecule has 2 aliphatic rings. The van der Waals surface area contributed by atoms with Gasteiger partial charge in [-0.15, -0.1) is 0 Å². The van der Waals surface area contributed by atoms with E-state index in [1.807, 2.05) is 12.4 Å². The lowest BCUT2D eigenvalue weighted by atomic mass is 9.97. The highest BCUT2D eigenvalue weighted by atomic mass is 16.5. The summed E-state index contributed by atoms with van der Waals surface area (Å²) in [5.41, 5.74) is 2.52. The highest BCUT2D eigenvalue weighted by Gasteiger charge is 2.20. The zero-order chi connectivity index (χ0) is 19.7. The number of nitrogens with zero attached hydrogens (tertiary/aromatic N) is 2. The second kappa shape index (κ2) is 10.6. The Kier molecular flexibility index (Phi) is 7.38. The van der Waals surface area contributed by atoms with Crippen LogP contribution in [-0.2, 0) is 11.2 Å². The first-order chi connectivity index (χ1) is 14.4. The summed E-state index contributed by atoms with van der Waals surface area (Å²) in [7, 11) is 0. The van der Waals surface area contributed by atoms with E-state index < -0.39 is 0 Å². The largest absolute Gasteiger partial charge is 0.490 e. The van der Waals surface area contributed by atoms with Gasteiger partial charge in [-0.2, -0.15) is 0 Å². The molecular formula is C24H33N3O2. The van der Waals surface area contributed by atoms with Crippen LogP contribution >= 0.6 is 0 Å². The van der Waals surface area contributed by atoms with Crippen LogP contribution in [0.1, 0.15) is 31.2 Å². The van der Waals surface area contributed by atoms with Gasteiger partial charge < -0.3 is 19.7 Å². The molecule has 1 N–H and O–H groups in total. The Morgan fingerprint density at radius 1 is 1.03 bits per heavy atom. The van der Waals surface area contributed by atoms with Gasteiger partial charge in [0, 0.05) is 31.8 Å². The van der Waals surface area contributed by atoms with Crippen LogP contribution in [0.15, 0.2) is 48.8 Å². The van der Waals surface area contributed by atoms with Crippen LogP contribution in [0.5, 0.6) is 5.75 Å². The lowest BCUT2D eigenvalue weighted by Crippen LogP contribution is -2.35. The molecule has 2 saturated heterocycles. The maximum atomic E-state index is 5.97. The zero-order valence-electron chi connectivity index (χ0n) is 17.3. The van der Waals surface area contributed by atoms with Crippen molar-refractivity contribution in [1.29, 1.82) is 0 Å². The molecule has 1 atom stereocenters. The Morgan fingerprint density at radius 2 is 1.90 bits per heavy atom. The predicted octanol–water partition coefficient (Wildman–Crippen LogP) is 3.69. The minimum atomic E-state index is 0.483. The molecule has 1 aromatic carbocycles. The van der Waals surface area contributed by atoms with Crippen molar-refractivity contribution in [2.75, 3.05) is 44.4 Å². The average Bonchev–Trinajstić information content (AvgIpc) is 3.30. The van der Waals surface area contributed by atoms with Gasteiger partial charge in [0.05, 0.1) is 24.7 Å². The molecule has 2 aromatic rings. The number of hydrogen-bond acceptors (Lipinski definition) is 5. The van der Waals surface area contributed by atoms with Crippen LogP contribution < -0.4 is 15.0 Å². The maximum absolute atomic E-state index is 5.97. The fraction of sp³-hybridized carbons (Fsp3) is 0.542. The van der Waals surface area contributed by atoms with Crippen LogP contribution in [-0.4, -0.2) is 50.5 Å². The molecule has 0 saturated carbocycles. The molecule has 156 valence electrons. The van der Waals surface area contributed by atoms with E-state index in [-0.39, 0.29) is 0 Å². The van der Waals surface area contributed by atoms with Crippen molar-refractivity contribution >= 4 is 5.69 Å². The number of ether oxygens (including phenoxy) is 2. The molecule has 0 aliphatic carbocycles. The summed E-state index contributed by atoms with van der Waals surface area (Å²) in [4.78, 5) is 6.83. The second-order valence-electron chi connectivity index (χ2n) is 8.22. The van der Waals surface area contributed by atoms with Crippen molar-refractivity contribution in [3.8, 4) is 5.75 Å². The smallest absolute Gasteiger partial charge is 0.139 e. The van der Waals surface area contributed by atoms with Crippen LogP contribution in [0.2, 0.25) is 0 Å². The van der Waals surface area contributed by atoms with Gasteiger partial charge in [0.15, 0.2) is 0 Å². The van der Waals surface area contributed by atoms with Crippen molar-refractivity contribution in [2.24, 2.45) is 5.92 Å². The summed E-state index contributed by atoms with van der Waals surface area (Å²) in [5, 5.41) is 3.47. The van der Waals surface area contributed by atoms with E-state index in [0.717, 1.165) is 51.6 Å². The van der Waals surface area contributed by atoms with Gasteiger partial charge >= 0.3 is 0 Å². The van der Waals surface area contributed by atoms with E-state index in [1.54, 1.807) is 0 Å². The van der Waals surface area contributed by atoms with Gasteiger partial charge in [0.1, 0.15) is 12.4 Å². The zero-order valence-corrected chi connectivity index (χ0v) is 17.3. The molecule has 1 aromatic heterocycles. The van der Waals surface area contributed by atoms with Crippen molar-refractivity contribution in [3.05, 3.63) is 54.4 Å². The van der Waals surface area contributed by atoms with Gasteiger partial charge in [-0.1, -0.05) is 30.3 Å². The standard InChI is InChI=1S/C24H33N3O2/c1-2-5-20(6-3-1)10-14-28-18-21-8-12-27(13-9-21)23-15-24(17-25-16-23)29-19-22-7-4-11-26-22/h1-3,5-6,15-17,21-22,26H,4,7-14,18-19H2/t22-/m0/s1. The molecule has 29 heavy (non-hydrogen) atoms. The molecular weight excluding hydrogens is 362 g/mol. The summed E-state index contributed by atoms with van der Waals surface area (Å²) in [5.74, 6) is 1.53. The number of pyridine rings is 1. The number of anilines is 1. The third-order valence-corrected chi connectivity index (χ3v) is 6.02. The molecule has 5 heteroatoms. The summed E-state index contributed by atoms with van der Waals surface area (Å²) >= 11 is 0. The summed E-state index contributed by atoms with van der Waals surface area (Å²) in [6.07, 6.45) is 9.56. The van der Waals surface area contributed by atoms with Crippen molar-refractivity contribution in [2.45, 2.75) is 38.1 Å². The number of rotatable bonds is 9. The van der Waals surface area contributed by atoms with E-state index in [2.05, 4.69) is 51.6 Å². The Hall–Kier alpha value is -2.11. The van der Waals surface area contributed by atoms with Gasteiger partial charge in [-0.05, 0) is 50.1 Å². The first-order valence-corrected chi connectivity index (χ1v) is 11.0. The minimum absolute atomic E-state index is 0.483. The normalized spacial score (nSPS) is 20.1. The fourth-order valence-electron chi connectivity index (χ4n) is 4.20. The summed E-state index contributed by atoms with van der Waals surface area (Å²) in [6, 6.07) is 13.2. The predicted molar refractivity (Wildman–Crippen MR) is 117 cm³/mol. The van der Waals surface area contributed by atoms with E-state index in [1.165, 1.54) is 36.9 Å².